The molecule has 4 heterocycles. The highest BCUT2D eigenvalue weighted by Gasteiger charge is 2.58. The minimum Gasteiger partial charge on any atom is -0.459 e. The molecule has 0 N–H and O–H groups in total. The van der Waals surface area contributed by atoms with Crippen molar-refractivity contribution in [3.8, 4) is 0 Å². The zero-order valence-electron chi connectivity index (χ0n) is 15.7. The lowest BCUT2D eigenvalue weighted by Crippen LogP contribution is -2.47. The molecule has 7 heteroatoms. The number of nitrogens with zero attached hydrogens (tertiary/aromatic N) is 4. The summed E-state index contributed by atoms with van der Waals surface area (Å²) in [7, 11) is 3.57. The standard InChI is InChI=1S/C20H24N4O3/c1-22(2)19(26)20-13-23(10-15-5-3-7-21-9-15)11-16(20)12-24(14-20)18(25)17-6-4-8-27-17/h3-9,16H,10-14H2,1-2H3/t16-,20-/m0/s1. The second kappa shape index (κ2) is 6.81. The normalized spacial score (nSPS) is 24.8. The van der Waals surface area contributed by atoms with Gasteiger partial charge in [0, 0.05) is 65.1 Å². The molecule has 2 amide bonds. The molecule has 2 saturated heterocycles. The molecule has 2 aromatic heterocycles. The van der Waals surface area contributed by atoms with E-state index in [1.807, 2.05) is 18.3 Å². The molecular formula is C20H24N4O3. The molecule has 2 aliphatic heterocycles. The predicted octanol–water partition coefficient (Wildman–Crippen LogP) is 1.34. The Morgan fingerprint density at radius 3 is 2.78 bits per heavy atom. The molecule has 0 aromatic carbocycles. The number of hydrogen-bond acceptors (Lipinski definition) is 5. The van der Waals surface area contributed by atoms with Gasteiger partial charge in [0.05, 0.1) is 11.7 Å². The quantitative estimate of drug-likeness (QED) is 0.815. The molecule has 7 nitrogen and oxygen atoms in total. The third-order valence-corrected chi connectivity index (χ3v) is 5.66. The van der Waals surface area contributed by atoms with Crippen LogP contribution in [0, 0.1) is 11.3 Å². The topological polar surface area (TPSA) is 69.9 Å². The summed E-state index contributed by atoms with van der Waals surface area (Å²) in [6, 6.07) is 7.36. The number of aromatic nitrogens is 1. The molecule has 0 unspecified atom stereocenters. The lowest BCUT2D eigenvalue weighted by atomic mass is 9.80. The molecule has 2 atom stereocenters. The Bertz CT molecular complexity index is 821. The predicted molar refractivity (Wildman–Crippen MR) is 98.7 cm³/mol. The summed E-state index contributed by atoms with van der Waals surface area (Å²) in [6.07, 6.45) is 5.12. The van der Waals surface area contributed by atoms with Gasteiger partial charge in [-0.15, -0.1) is 0 Å². The number of likely N-dealkylation sites (tertiary alicyclic amines) is 2. The Balaban J connectivity index is 1.55. The van der Waals surface area contributed by atoms with Gasteiger partial charge in [-0.2, -0.15) is 0 Å². The number of pyridine rings is 1. The van der Waals surface area contributed by atoms with Gasteiger partial charge >= 0.3 is 0 Å². The fourth-order valence-electron chi connectivity index (χ4n) is 4.50. The van der Waals surface area contributed by atoms with Crippen molar-refractivity contribution in [2.45, 2.75) is 6.54 Å². The maximum atomic E-state index is 13.1. The van der Waals surface area contributed by atoms with Crippen molar-refractivity contribution < 1.29 is 14.0 Å². The number of furan rings is 1. The van der Waals surface area contributed by atoms with Gasteiger partial charge in [-0.25, -0.2) is 0 Å². The average Bonchev–Trinajstić information content (AvgIpc) is 3.36. The summed E-state index contributed by atoms with van der Waals surface area (Å²) in [4.78, 5) is 35.8. The fraction of sp³-hybridized carbons (Fsp3) is 0.450. The van der Waals surface area contributed by atoms with E-state index >= 15 is 0 Å². The maximum Gasteiger partial charge on any atom is 0.289 e. The Morgan fingerprint density at radius 1 is 1.26 bits per heavy atom. The van der Waals surface area contributed by atoms with Crippen molar-refractivity contribution in [2.24, 2.45) is 11.3 Å². The van der Waals surface area contributed by atoms with Crippen molar-refractivity contribution in [3.63, 3.8) is 0 Å². The van der Waals surface area contributed by atoms with Crippen LogP contribution < -0.4 is 0 Å². The van der Waals surface area contributed by atoms with Crippen LogP contribution >= 0.6 is 0 Å². The third kappa shape index (κ3) is 3.12. The summed E-state index contributed by atoms with van der Waals surface area (Å²) in [5, 5.41) is 0. The zero-order valence-corrected chi connectivity index (χ0v) is 15.7. The van der Waals surface area contributed by atoms with Crippen LogP contribution in [0.1, 0.15) is 16.1 Å². The largest absolute Gasteiger partial charge is 0.459 e. The number of carbonyl (C=O) groups excluding carboxylic acids is 2. The summed E-state index contributed by atoms with van der Waals surface area (Å²) in [5.41, 5.74) is 0.571. The lowest BCUT2D eigenvalue weighted by molar-refractivity contribution is -0.139. The number of amides is 2. The van der Waals surface area contributed by atoms with Crippen LogP contribution in [0.4, 0.5) is 0 Å². The highest BCUT2D eigenvalue weighted by Crippen LogP contribution is 2.44. The van der Waals surface area contributed by atoms with Gasteiger partial charge in [-0.05, 0) is 23.8 Å². The van der Waals surface area contributed by atoms with Gasteiger partial charge in [-0.3, -0.25) is 19.5 Å². The molecular weight excluding hydrogens is 344 g/mol. The molecule has 0 spiro atoms. The van der Waals surface area contributed by atoms with E-state index in [9.17, 15) is 9.59 Å². The van der Waals surface area contributed by atoms with E-state index in [-0.39, 0.29) is 17.7 Å². The first-order valence-corrected chi connectivity index (χ1v) is 9.15. The Kier molecular flexibility index (Phi) is 4.47. The van der Waals surface area contributed by atoms with Crippen LogP contribution in [0.15, 0.2) is 47.3 Å². The number of hydrogen-bond donors (Lipinski definition) is 0. The van der Waals surface area contributed by atoms with E-state index < -0.39 is 5.41 Å². The van der Waals surface area contributed by atoms with Gasteiger partial charge < -0.3 is 14.2 Å². The molecule has 0 bridgehead atoms. The minimum atomic E-state index is -0.562. The van der Waals surface area contributed by atoms with Crippen LogP contribution in [0.25, 0.3) is 0 Å². The van der Waals surface area contributed by atoms with Crippen molar-refractivity contribution >= 4 is 11.8 Å². The zero-order chi connectivity index (χ0) is 19.0. The van der Waals surface area contributed by atoms with E-state index in [0.29, 0.717) is 25.4 Å². The molecule has 142 valence electrons. The molecule has 0 radical (unpaired) electrons. The SMILES string of the molecule is CN(C)C(=O)[C@]12CN(Cc3cccnc3)C[C@H]1CN(C(=O)c1ccco1)C2. The van der Waals surface area contributed by atoms with E-state index in [4.69, 9.17) is 4.42 Å². The molecule has 0 aliphatic carbocycles. The van der Waals surface area contributed by atoms with E-state index in [0.717, 1.165) is 18.7 Å². The second-order valence-electron chi connectivity index (χ2n) is 7.75. The van der Waals surface area contributed by atoms with Gasteiger partial charge in [0.25, 0.3) is 5.91 Å². The average molecular weight is 368 g/mol. The van der Waals surface area contributed by atoms with E-state index in [2.05, 4.69) is 9.88 Å². The van der Waals surface area contributed by atoms with Crippen LogP contribution in [-0.2, 0) is 11.3 Å². The van der Waals surface area contributed by atoms with Gasteiger partial charge in [0.15, 0.2) is 5.76 Å². The van der Waals surface area contributed by atoms with Gasteiger partial charge in [0.2, 0.25) is 5.91 Å². The second-order valence-corrected chi connectivity index (χ2v) is 7.75. The Morgan fingerprint density at radius 2 is 2.11 bits per heavy atom. The third-order valence-electron chi connectivity index (χ3n) is 5.66. The summed E-state index contributed by atoms with van der Waals surface area (Å²) in [5.74, 6) is 0.396. The highest BCUT2D eigenvalue weighted by molar-refractivity contribution is 5.93. The molecule has 27 heavy (non-hydrogen) atoms. The number of fused-ring (bicyclic) bond motifs is 1. The monoisotopic (exact) mass is 368 g/mol. The van der Waals surface area contributed by atoms with Gasteiger partial charge in [0.1, 0.15) is 0 Å². The van der Waals surface area contributed by atoms with Crippen molar-refractivity contribution in [3.05, 3.63) is 54.2 Å². The van der Waals surface area contributed by atoms with E-state index in [1.54, 1.807) is 42.2 Å². The number of carbonyl (C=O) groups is 2. The first-order valence-electron chi connectivity index (χ1n) is 9.15. The van der Waals surface area contributed by atoms with Gasteiger partial charge in [-0.1, -0.05) is 6.07 Å². The molecule has 4 rings (SSSR count). The maximum absolute atomic E-state index is 13.1. The number of rotatable bonds is 4. The first kappa shape index (κ1) is 17.7. The van der Waals surface area contributed by atoms with Crippen LogP contribution in [-0.4, -0.2) is 71.8 Å². The molecule has 0 saturated carbocycles. The van der Waals surface area contributed by atoms with E-state index in [1.165, 1.54) is 6.26 Å². The van der Waals surface area contributed by atoms with Crippen LogP contribution in [0.5, 0.6) is 0 Å². The molecule has 2 fully saturated rings. The van der Waals surface area contributed by atoms with Crippen LogP contribution in [0.2, 0.25) is 0 Å². The molecule has 2 aliphatic rings. The lowest BCUT2D eigenvalue weighted by Gasteiger charge is -2.30. The molecule has 2 aromatic rings. The van der Waals surface area contributed by atoms with Crippen molar-refractivity contribution in [1.82, 2.24) is 19.7 Å². The van der Waals surface area contributed by atoms with Crippen LogP contribution in [0.3, 0.4) is 0 Å². The minimum absolute atomic E-state index is 0.0935. The first-order chi connectivity index (χ1) is 13.0. The Labute approximate surface area is 158 Å². The Hall–Kier alpha value is -2.67. The van der Waals surface area contributed by atoms with Crippen molar-refractivity contribution in [2.75, 3.05) is 40.3 Å². The summed E-state index contributed by atoms with van der Waals surface area (Å²) >= 11 is 0. The summed E-state index contributed by atoms with van der Waals surface area (Å²) in [6.45, 7) is 3.20. The smallest absolute Gasteiger partial charge is 0.289 e. The summed E-state index contributed by atoms with van der Waals surface area (Å²) < 4.78 is 5.27. The van der Waals surface area contributed by atoms with Crippen molar-refractivity contribution in [1.29, 1.82) is 0 Å². The fourth-order valence-corrected chi connectivity index (χ4v) is 4.50. The highest BCUT2D eigenvalue weighted by atomic mass is 16.3.